The van der Waals surface area contributed by atoms with Crippen LogP contribution in [0.1, 0.15) is 16.1 Å². The molecule has 0 saturated heterocycles. The Bertz CT molecular complexity index is 888. The van der Waals surface area contributed by atoms with E-state index < -0.39 is 0 Å². The van der Waals surface area contributed by atoms with Gasteiger partial charge in [0.05, 0.1) is 0 Å². The van der Waals surface area contributed by atoms with Crippen molar-refractivity contribution >= 4 is 29.1 Å². The molecule has 3 rings (SSSR count). The smallest absolute Gasteiger partial charge is 0.274 e. The molecule has 0 unspecified atom stereocenters. The fourth-order valence-electron chi connectivity index (χ4n) is 2.37. The molecule has 132 valence electrons. The molecule has 1 aromatic carbocycles. The number of amides is 1. The van der Waals surface area contributed by atoms with Crippen LogP contribution >= 0.6 is 11.6 Å². The van der Waals surface area contributed by atoms with Crippen LogP contribution in [0, 0.1) is 0 Å². The highest BCUT2D eigenvalue weighted by Crippen LogP contribution is 2.16. The molecule has 0 bridgehead atoms. The summed E-state index contributed by atoms with van der Waals surface area (Å²) >= 11 is 5.94. The molecule has 6 nitrogen and oxygen atoms in total. The van der Waals surface area contributed by atoms with Gasteiger partial charge in [-0.2, -0.15) is 0 Å². The van der Waals surface area contributed by atoms with Gasteiger partial charge in [0.2, 0.25) is 5.95 Å². The highest BCUT2D eigenvalue weighted by atomic mass is 35.5. The lowest BCUT2D eigenvalue weighted by Gasteiger charge is -2.17. The number of carbonyl (C=O) groups excluding carboxylic acids is 1. The average Bonchev–Trinajstić information content (AvgIpc) is 2.67. The van der Waals surface area contributed by atoms with Gasteiger partial charge in [-0.3, -0.25) is 9.78 Å². The topological polar surface area (TPSA) is 71.0 Å². The Morgan fingerprint density at radius 1 is 1.15 bits per heavy atom. The second-order valence-corrected chi connectivity index (χ2v) is 6.17. The van der Waals surface area contributed by atoms with E-state index in [1.165, 1.54) is 5.56 Å². The van der Waals surface area contributed by atoms with Crippen molar-refractivity contribution in [3.05, 3.63) is 77.3 Å². The minimum Gasteiger partial charge on any atom is -0.344 e. The molecule has 0 fully saturated rings. The molecule has 26 heavy (non-hydrogen) atoms. The number of anilines is 2. The van der Waals surface area contributed by atoms with Crippen molar-refractivity contribution in [1.29, 1.82) is 0 Å². The van der Waals surface area contributed by atoms with Gasteiger partial charge in [-0.15, -0.1) is 0 Å². The molecule has 0 saturated carbocycles. The first kappa shape index (κ1) is 17.8. The van der Waals surface area contributed by atoms with Crippen LogP contribution in [0.15, 0.2) is 61.1 Å². The maximum atomic E-state index is 12.4. The van der Waals surface area contributed by atoms with Crippen molar-refractivity contribution < 1.29 is 4.79 Å². The Balaban J connectivity index is 1.66. The van der Waals surface area contributed by atoms with Crippen LogP contribution in [0.4, 0.5) is 11.6 Å². The lowest BCUT2D eigenvalue weighted by molar-refractivity contribution is 0.102. The number of hydrogen-bond donors (Lipinski definition) is 1. The van der Waals surface area contributed by atoms with Crippen LogP contribution in [0.25, 0.3) is 0 Å². The van der Waals surface area contributed by atoms with Gasteiger partial charge < -0.3 is 10.2 Å². The second-order valence-electron chi connectivity index (χ2n) is 5.73. The molecule has 0 aliphatic carbocycles. The summed E-state index contributed by atoms with van der Waals surface area (Å²) in [6.07, 6.45) is 5.96. The monoisotopic (exact) mass is 367 g/mol. The Labute approximate surface area is 156 Å². The van der Waals surface area contributed by atoms with Crippen LogP contribution in [0.2, 0.25) is 5.02 Å². The molecule has 0 spiro atoms. The highest BCUT2D eigenvalue weighted by Gasteiger charge is 2.12. The summed E-state index contributed by atoms with van der Waals surface area (Å²) < 4.78 is 0. The van der Waals surface area contributed by atoms with Gasteiger partial charge in [-0.25, -0.2) is 9.97 Å². The van der Waals surface area contributed by atoms with Gasteiger partial charge in [0.15, 0.2) is 0 Å². The summed E-state index contributed by atoms with van der Waals surface area (Å²) in [6.45, 7) is 0.726. The number of nitrogens with one attached hydrogen (secondary N) is 1. The molecular formula is C19H18ClN5O. The van der Waals surface area contributed by atoms with Crippen molar-refractivity contribution in [2.45, 2.75) is 6.42 Å². The van der Waals surface area contributed by atoms with Crippen LogP contribution in [-0.4, -0.2) is 34.5 Å². The van der Waals surface area contributed by atoms with E-state index in [9.17, 15) is 4.79 Å². The van der Waals surface area contributed by atoms with Crippen molar-refractivity contribution in [2.75, 3.05) is 23.8 Å². The normalized spacial score (nSPS) is 10.4. The van der Waals surface area contributed by atoms with E-state index in [2.05, 4.69) is 20.3 Å². The van der Waals surface area contributed by atoms with Crippen molar-refractivity contribution in [3.8, 4) is 0 Å². The minimum atomic E-state index is -0.307. The third-order valence-electron chi connectivity index (χ3n) is 3.78. The predicted molar refractivity (Wildman–Crippen MR) is 103 cm³/mol. The predicted octanol–water partition coefficient (Wildman–Crippen LogP) is 3.46. The molecule has 2 heterocycles. The molecule has 0 aliphatic rings. The van der Waals surface area contributed by atoms with Gasteiger partial charge in [-0.1, -0.05) is 17.7 Å². The number of nitrogens with zero attached hydrogens (tertiary/aromatic N) is 4. The fraction of sp³-hybridized carbons (Fsp3) is 0.158. The van der Waals surface area contributed by atoms with E-state index in [0.717, 1.165) is 13.0 Å². The molecule has 0 atom stereocenters. The van der Waals surface area contributed by atoms with Crippen LogP contribution in [0.5, 0.6) is 0 Å². The zero-order chi connectivity index (χ0) is 18.4. The van der Waals surface area contributed by atoms with E-state index in [1.807, 2.05) is 24.1 Å². The van der Waals surface area contributed by atoms with Gasteiger partial charge in [0.1, 0.15) is 5.69 Å². The van der Waals surface area contributed by atoms with E-state index in [-0.39, 0.29) is 5.91 Å². The summed E-state index contributed by atoms with van der Waals surface area (Å²) in [6, 6.07) is 12.5. The number of likely N-dealkylation sites (N-methyl/N-ethyl adjacent to an activating group) is 1. The SMILES string of the molecule is CN(CCc1ccncc1)c1nccc(C(=O)Nc2cccc(Cl)c2)n1. The summed E-state index contributed by atoms with van der Waals surface area (Å²) in [5.41, 5.74) is 2.10. The zero-order valence-corrected chi connectivity index (χ0v) is 15.0. The summed E-state index contributed by atoms with van der Waals surface area (Å²) in [7, 11) is 1.90. The second kappa shape index (κ2) is 8.40. The van der Waals surface area contributed by atoms with E-state index >= 15 is 0 Å². The Hall–Kier alpha value is -2.99. The summed E-state index contributed by atoms with van der Waals surface area (Å²) in [4.78, 5) is 27.0. The van der Waals surface area contributed by atoms with Crippen LogP contribution in [0.3, 0.4) is 0 Å². The quantitative estimate of drug-likeness (QED) is 0.722. The molecule has 1 amide bonds. The third kappa shape index (κ3) is 4.77. The lowest BCUT2D eigenvalue weighted by Crippen LogP contribution is -2.24. The molecule has 1 N–H and O–H groups in total. The van der Waals surface area contributed by atoms with Crippen molar-refractivity contribution in [3.63, 3.8) is 0 Å². The minimum absolute atomic E-state index is 0.297. The molecular weight excluding hydrogens is 350 g/mol. The van der Waals surface area contributed by atoms with Gasteiger partial charge in [0, 0.05) is 42.9 Å². The first-order valence-corrected chi connectivity index (χ1v) is 8.49. The lowest BCUT2D eigenvalue weighted by atomic mass is 10.2. The molecule has 0 aliphatic heterocycles. The molecule has 2 aromatic heterocycles. The highest BCUT2D eigenvalue weighted by molar-refractivity contribution is 6.30. The summed E-state index contributed by atoms with van der Waals surface area (Å²) in [5, 5.41) is 3.34. The number of rotatable bonds is 6. The van der Waals surface area contributed by atoms with E-state index in [4.69, 9.17) is 11.6 Å². The summed E-state index contributed by atoms with van der Waals surface area (Å²) in [5.74, 6) is 0.191. The van der Waals surface area contributed by atoms with Gasteiger partial charge in [0.25, 0.3) is 5.91 Å². The Kier molecular flexibility index (Phi) is 5.76. The first-order chi connectivity index (χ1) is 12.6. The number of aromatic nitrogens is 3. The molecule has 7 heteroatoms. The third-order valence-corrected chi connectivity index (χ3v) is 4.02. The number of benzene rings is 1. The Morgan fingerprint density at radius 3 is 2.73 bits per heavy atom. The van der Waals surface area contributed by atoms with Crippen LogP contribution in [-0.2, 0) is 6.42 Å². The maximum absolute atomic E-state index is 12.4. The number of pyridine rings is 1. The molecule has 0 radical (unpaired) electrons. The fourth-order valence-corrected chi connectivity index (χ4v) is 2.56. The van der Waals surface area contributed by atoms with Gasteiger partial charge >= 0.3 is 0 Å². The average molecular weight is 368 g/mol. The number of carbonyl (C=O) groups is 1. The van der Waals surface area contributed by atoms with Gasteiger partial charge in [-0.05, 0) is 48.4 Å². The maximum Gasteiger partial charge on any atom is 0.274 e. The number of hydrogen-bond acceptors (Lipinski definition) is 5. The number of halogens is 1. The van der Waals surface area contributed by atoms with E-state index in [0.29, 0.717) is 22.4 Å². The van der Waals surface area contributed by atoms with Crippen molar-refractivity contribution in [1.82, 2.24) is 15.0 Å². The Morgan fingerprint density at radius 2 is 1.96 bits per heavy atom. The zero-order valence-electron chi connectivity index (χ0n) is 14.3. The largest absolute Gasteiger partial charge is 0.344 e. The first-order valence-electron chi connectivity index (χ1n) is 8.12. The van der Waals surface area contributed by atoms with E-state index in [1.54, 1.807) is 48.9 Å². The van der Waals surface area contributed by atoms with Crippen molar-refractivity contribution in [2.24, 2.45) is 0 Å². The molecule has 3 aromatic rings. The van der Waals surface area contributed by atoms with Crippen LogP contribution < -0.4 is 10.2 Å². The standard InChI is InChI=1S/C19H18ClN5O/c1-25(12-8-14-5-9-21-10-6-14)19-22-11-7-17(24-19)18(26)23-16-4-2-3-15(20)13-16/h2-7,9-11,13H,8,12H2,1H3,(H,23,26).